The van der Waals surface area contributed by atoms with Crippen molar-refractivity contribution < 1.29 is 54.5 Å². The molecule has 0 bridgehead atoms. The largest absolute Gasteiger partial charge is 0.489 e. The fourth-order valence-electron chi connectivity index (χ4n) is 11.9. The molecule has 31 nitrogen and oxygen atoms in total. The molecule has 0 saturated heterocycles. The van der Waals surface area contributed by atoms with E-state index in [1.807, 2.05) is 97.2 Å². The van der Waals surface area contributed by atoms with Gasteiger partial charge >= 0.3 is 0 Å². The summed E-state index contributed by atoms with van der Waals surface area (Å²) >= 11 is 0. The lowest BCUT2D eigenvalue weighted by atomic mass is 9.90. The van der Waals surface area contributed by atoms with Gasteiger partial charge < -0.3 is 18.6 Å². The van der Waals surface area contributed by atoms with Gasteiger partial charge in [0, 0.05) is 133 Å². The molecule has 5 N–H and O–H groups in total. The zero-order valence-corrected chi connectivity index (χ0v) is 65.1. The van der Waals surface area contributed by atoms with Crippen LogP contribution in [0.2, 0.25) is 0 Å². The second-order valence-electron chi connectivity index (χ2n) is 25.7. The van der Waals surface area contributed by atoms with E-state index >= 15 is 0 Å². The number of amides is 5. The molecule has 5 aromatic carbocycles. The molecule has 0 fully saturated rings. The van der Waals surface area contributed by atoms with Crippen LogP contribution in [0, 0.1) is 13.8 Å². The monoisotopic (exact) mass is 1640 g/mol. The Labute approximate surface area is 666 Å². The van der Waals surface area contributed by atoms with Gasteiger partial charge in [-0.05, 0) is 125 Å². The summed E-state index contributed by atoms with van der Waals surface area (Å²) in [5.74, 6) is 0.363. The lowest BCUT2D eigenvalue weighted by Gasteiger charge is -2.15. The Morgan fingerprint density at radius 2 is 0.748 bits per heavy atom. The molecule has 0 spiro atoms. The van der Waals surface area contributed by atoms with E-state index in [0.29, 0.717) is 32.8 Å². The zero-order chi connectivity index (χ0) is 80.6. The summed E-state index contributed by atoms with van der Waals surface area (Å²) < 4.78 is 91.9. The van der Waals surface area contributed by atoms with Crippen molar-refractivity contribution in [2.45, 2.75) is 33.3 Å². The molecule has 5 unspecified atom stereocenters. The highest BCUT2D eigenvalue weighted by Crippen LogP contribution is 2.33. The Kier molecular flexibility index (Phi) is 23.3. The highest BCUT2D eigenvalue weighted by molar-refractivity contribution is 7.94. The van der Waals surface area contributed by atoms with Gasteiger partial charge in [0.05, 0.1) is 31.0 Å². The molecule has 36 heteroatoms. The fraction of sp³-hybridized carbons (Fsp3) is 0.0886. The van der Waals surface area contributed by atoms with Crippen molar-refractivity contribution in [1.82, 2.24) is 81.6 Å². The maximum atomic E-state index is 11.8. The molecule has 580 valence electrons. The second kappa shape index (κ2) is 34.4. The summed E-state index contributed by atoms with van der Waals surface area (Å²) in [6.07, 6.45) is 30.6. The Bertz CT molecular complexity index is 6320. The molecule has 6 aliphatic rings. The fourth-order valence-corrected chi connectivity index (χ4v) is 16.0. The number of carbonyl (C=O) groups is 5. The highest BCUT2D eigenvalue weighted by Gasteiger charge is 2.27. The first-order valence-electron chi connectivity index (χ1n) is 34.7. The molecule has 12 heterocycles. The Balaban J connectivity index is 0.000000119. The molecular formula is C79H65N17O14S5. The lowest BCUT2D eigenvalue weighted by molar-refractivity contribution is -0.115. The number of hydrogen-bond donors (Lipinski definition) is 5. The number of para-hydroxylation sites is 1. The molecule has 0 saturated carbocycles. The first kappa shape index (κ1) is 77.9. The summed E-state index contributed by atoms with van der Waals surface area (Å²) in [6.45, 7) is 4.70. The third kappa shape index (κ3) is 18.6. The summed E-state index contributed by atoms with van der Waals surface area (Å²) in [7, 11) is -4.52. The van der Waals surface area contributed by atoms with Gasteiger partial charge in [0.1, 0.15) is 23.9 Å². The van der Waals surface area contributed by atoms with E-state index < -0.39 is 66.7 Å². The second-order valence-corrected chi connectivity index (χ2v) is 31.5. The van der Waals surface area contributed by atoms with Gasteiger partial charge in [-0.15, -0.1) is 0 Å². The third-order valence-electron chi connectivity index (χ3n) is 17.9. The predicted octanol–water partition coefficient (Wildman–Crippen LogP) is 7.92. The maximum Gasteiger partial charge on any atom is 0.258 e. The topological polar surface area (TPSA) is 382 Å². The summed E-state index contributed by atoms with van der Waals surface area (Å²) in [5, 5.41) is 22.3. The van der Waals surface area contributed by atoms with Crippen molar-refractivity contribution in [3.63, 3.8) is 0 Å². The van der Waals surface area contributed by atoms with Crippen molar-refractivity contribution in [3.05, 3.63) is 304 Å². The minimum absolute atomic E-state index is 0.101. The highest BCUT2D eigenvalue weighted by atomic mass is 32.2. The van der Waals surface area contributed by atoms with Crippen LogP contribution in [0.5, 0.6) is 17.2 Å². The predicted molar refractivity (Wildman–Crippen MR) is 436 cm³/mol. The smallest absolute Gasteiger partial charge is 0.258 e. The van der Waals surface area contributed by atoms with E-state index in [4.69, 9.17) is 9.47 Å². The van der Waals surface area contributed by atoms with Crippen LogP contribution >= 0.6 is 0 Å². The van der Waals surface area contributed by atoms with Crippen LogP contribution in [0.4, 0.5) is 0 Å². The van der Waals surface area contributed by atoms with Crippen LogP contribution in [0.25, 0.3) is 81.3 Å². The van der Waals surface area contributed by atoms with Gasteiger partial charge in [-0.1, -0.05) is 91.0 Å². The van der Waals surface area contributed by atoms with Crippen molar-refractivity contribution in [1.29, 1.82) is 0 Å². The van der Waals surface area contributed by atoms with E-state index in [-0.39, 0.29) is 38.9 Å². The van der Waals surface area contributed by atoms with Crippen molar-refractivity contribution >= 4 is 121 Å². The van der Waals surface area contributed by atoms with E-state index in [1.54, 1.807) is 94.4 Å². The average molecular weight is 1640 g/mol. The molecule has 5 aliphatic heterocycles. The van der Waals surface area contributed by atoms with Gasteiger partial charge in [-0.25, -0.2) is 44.5 Å². The van der Waals surface area contributed by atoms with Crippen LogP contribution in [0.15, 0.2) is 260 Å². The zero-order valence-electron chi connectivity index (χ0n) is 61.0. The van der Waals surface area contributed by atoms with Gasteiger partial charge in [0.25, 0.3) is 35.1 Å². The van der Waals surface area contributed by atoms with Crippen LogP contribution < -0.4 is 44.2 Å². The third-order valence-corrected chi connectivity index (χ3v) is 23.2. The standard InChI is InChI=1S/C21H19N3O3S.C18H13N3O3S.C16H13N3O2S.2C12H10N4O3S/c1-14-4-3-5-15(2)19(14)13-27-18-8-6-16(7-9-18)17-11-22-24(12-17)21-10-20(25)23-28(21)26;22-17-10-18(25(23)20-17)21-12-14(11-19-21)13-6-8-16(9-7-13)24-15-4-2-1-3-5-15;20-15-8-16(22(21)18-15)19-10-14(9-17-19)13-6-5-11-3-1-2-4-12(11)7-13;1-15-6-8(2-3-11(15)18)9-5-13-16(7-9)12-4-10(17)14-20(12)19;1-15-3-2-8(4-11(15)18)9-6-13-16(7-9)12-5-10(17)14-20(12)19/h3-12H,13H2,1-2H3,(H,23,25);1-12H,(H,20,22);1-4,7-10H,5-6H2,(H,18,20);2*2-7H,1H3,(H,14,17). The number of allylic oxidation sites excluding steroid dienone is 1. The lowest BCUT2D eigenvalue weighted by Crippen LogP contribution is -2.17. The van der Waals surface area contributed by atoms with E-state index in [2.05, 4.69) is 99.4 Å². The average Bonchev–Trinajstić information content (AvgIpc) is 1.33. The van der Waals surface area contributed by atoms with E-state index in [1.165, 1.54) is 108 Å². The van der Waals surface area contributed by atoms with Gasteiger partial charge in [0.15, 0.2) is 80.1 Å². The van der Waals surface area contributed by atoms with Gasteiger partial charge in [0.2, 0.25) is 5.56 Å². The Morgan fingerprint density at radius 1 is 0.357 bits per heavy atom. The number of hydrogen-bond acceptors (Lipinski definition) is 19. The van der Waals surface area contributed by atoms with E-state index in [9.17, 15) is 54.6 Å². The van der Waals surface area contributed by atoms with Gasteiger partial charge in [-0.3, -0.25) is 57.2 Å². The summed E-state index contributed by atoms with van der Waals surface area (Å²) in [6, 6.07) is 45.9. The molecule has 7 aromatic heterocycles. The number of benzene rings is 5. The molecule has 1 aliphatic carbocycles. The first-order valence-corrected chi connectivity index (χ1v) is 40.4. The number of nitrogens with zero attached hydrogens (tertiary/aromatic N) is 12. The maximum absolute atomic E-state index is 11.8. The summed E-state index contributed by atoms with van der Waals surface area (Å²) in [4.78, 5) is 79.0. The quantitative estimate of drug-likeness (QED) is 0.0650. The van der Waals surface area contributed by atoms with Crippen LogP contribution in [-0.4, -0.2) is 109 Å². The summed E-state index contributed by atoms with van der Waals surface area (Å²) in [5.41, 5.74) is 14.8. The Morgan fingerprint density at radius 3 is 1.18 bits per heavy atom. The number of aromatic nitrogens is 12. The number of pyridine rings is 2. The molecule has 5 atom stereocenters. The van der Waals surface area contributed by atoms with Crippen molar-refractivity contribution in [2.24, 2.45) is 14.1 Å². The normalized spacial score (nSPS) is 17.6. The van der Waals surface area contributed by atoms with Crippen LogP contribution in [-0.2, 0) is 106 Å². The van der Waals surface area contributed by atoms with Crippen LogP contribution in [0.1, 0.15) is 39.8 Å². The molecule has 115 heavy (non-hydrogen) atoms. The number of rotatable bonds is 15. The minimum atomic E-state index is -1.60. The Hall–Kier alpha value is -13.8. The number of carbonyl (C=O) groups excluding carboxylic acids is 5. The first-order chi connectivity index (χ1) is 55.5. The number of fused-ring (bicyclic) bond motifs is 1. The van der Waals surface area contributed by atoms with Crippen LogP contribution in [0.3, 0.4) is 0 Å². The number of aryl methyl sites for hydroxylation is 5. The molecule has 0 radical (unpaired) electrons. The molecule has 12 aromatic rings. The van der Waals surface area contributed by atoms with Gasteiger partial charge in [-0.2, -0.15) is 25.5 Å². The van der Waals surface area contributed by atoms with E-state index in [0.717, 1.165) is 69.0 Å². The minimum Gasteiger partial charge on any atom is -0.489 e. The number of ether oxygens (including phenoxy) is 2. The van der Waals surface area contributed by atoms with Crippen molar-refractivity contribution in [2.75, 3.05) is 0 Å². The molecular weight excluding hydrogens is 1570 g/mol. The molecule has 5 amide bonds. The van der Waals surface area contributed by atoms with Crippen molar-refractivity contribution in [3.8, 4) is 61.8 Å². The number of nitrogens with one attached hydrogen (secondary N) is 5. The SMILES string of the molecule is Cc1cccc(C)c1COc1ccc(-c2cnn(C3=CC(=O)NS3=O)c2)cc1.Cn1cc(-c2cnn(C3=CC(=O)NS3=O)c2)ccc1=O.Cn1ccc(-c2cnn(C3=CC(=O)NS3=O)c2)cc1=O.O=C1C=C(n2cc(-c3ccc(Oc4ccccc4)cc3)cn2)S(=O)N1.O=C1C=C(n2cc(C3=Cc4ccccc4CC3)cn2)S(=O)N1. The molecule has 18 rings (SSSR count).